The fourth-order valence-electron chi connectivity index (χ4n) is 1.21. The molecule has 0 spiro atoms. The molecule has 0 aliphatic heterocycles. The Hall–Kier alpha value is -1.14. The van der Waals surface area contributed by atoms with Crippen molar-refractivity contribution in [2.75, 3.05) is 5.75 Å². The molecule has 0 fully saturated rings. The summed E-state index contributed by atoms with van der Waals surface area (Å²) in [7, 11) is 0. The molecule has 5 nitrogen and oxygen atoms in total. The monoisotopic (exact) mass is 255 g/mol. The number of carboxylic acid groups (broad SMARTS) is 1. The average Bonchev–Trinajstić information content (AvgIpc) is 2.24. The lowest BCUT2D eigenvalue weighted by molar-refractivity contribution is -0.142. The van der Waals surface area contributed by atoms with Crippen molar-refractivity contribution in [3.8, 4) is 0 Å². The number of nitrogens with two attached hydrogens (primary N) is 1. The zero-order valence-electron chi connectivity index (χ0n) is 10.0. The highest BCUT2D eigenvalue weighted by atomic mass is 32.2. The second-order valence-electron chi connectivity index (χ2n) is 4.16. The molecule has 6 heteroatoms. The molecule has 0 aliphatic rings. The smallest absolute Gasteiger partial charge is 0.323 e. The maximum Gasteiger partial charge on any atom is 0.323 e. The first kappa shape index (κ1) is 13.9. The van der Waals surface area contributed by atoms with Gasteiger partial charge >= 0.3 is 5.97 Å². The summed E-state index contributed by atoms with van der Waals surface area (Å²) in [6.07, 6.45) is 2.89. The highest BCUT2D eigenvalue weighted by molar-refractivity contribution is 7.99. The number of aromatic nitrogens is 2. The molecule has 0 saturated heterocycles. The summed E-state index contributed by atoms with van der Waals surface area (Å²) in [5.74, 6) is -0.196. The SMILES string of the molecule is Cc1ccnc(SCCCC(C)(N)C(=O)O)n1. The van der Waals surface area contributed by atoms with Gasteiger partial charge in [-0.15, -0.1) is 0 Å². The zero-order valence-corrected chi connectivity index (χ0v) is 10.8. The number of hydrogen-bond donors (Lipinski definition) is 2. The van der Waals surface area contributed by atoms with Crippen LogP contribution in [0.4, 0.5) is 0 Å². The molecule has 17 heavy (non-hydrogen) atoms. The topological polar surface area (TPSA) is 89.1 Å². The van der Waals surface area contributed by atoms with Gasteiger partial charge in [0.2, 0.25) is 0 Å². The average molecular weight is 255 g/mol. The van der Waals surface area contributed by atoms with E-state index in [9.17, 15) is 4.79 Å². The number of aliphatic carboxylic acids is 1. The standard InChI is InChI=1S/C11H17N3O2S/c1-8-4-6-13-10(14-8)17-7-3-5-11(2,12)9(15)16/h4,6H,3,5,7,12H2,1-2H3,(H,15,16). The summed E-state index contributed by atoms with van der Waals surface area (Å²) in [6, 6.07) is 1.84. The Labute approximate surface area is 105 Å². The summed E-state index contributed by atoms with van der Waals surface area (Å²) in [4.78, 5) is 19.1. The minimum atomic E-state index is -1.14. The van der Waals surface area contributed by atoms with Gasteiger partial charge in [-0.3, -0.25) is 4.79 Å². The molecule has 1 unspecified atom stereocenters. The molecule has 94 valence electrons. The van der Waals surface area contributed by atoms with Gasteiger partial charge in [0.1, 0.15) is 5.54 Å². The first-order valence-corrected chi connectivity index (χ1v) is 6.35. The van der Waals surface area contributed by atoms with E-state index in [0.717, 1.165) is 23.0 Å². The third kappa shape index (κ3) is 4.70. The summed E-state index contributed by atoms with van der Waals surface area (Å²) < 4.78 is 0. The quantitative estimate of drug-likeness (QED) is 0.454. The van der Waals surface area contributed by atoms with Crippen LogP contribution in [0.15, 0.2) is 17.4 Å². The molecule has 1 heterocycles. The Morgan fingerprint density at radius 2 is 2.35 bits per heavy atom. The normalized spacial score (nSPS) is 14.3. The molecule has 1 atom stereocenters. The van der Waals surface area contributed by atoms with Crippen LogP contribution in [0.2, 0.25) is 0 Å². The van der Waals surface area contributed by atoms with Gasteiger partial charge in [-0.2, -0.15) is 0 Å². The predicted molar refractivity (Wildman–Crippen MR) is 67.0 cm³/mol. The fourth-order valence-corrected chi connectivity index (χ4v) is 2.02. The van der Waals surface area contributed by atoms with Crippen molar-refractivity contribution in [2.45, 2.75) is 37.4 Å². The Morgan fingerprint density at radius 1 is 1.65 bits per heavy atom. The number of hydrogen-bond acceptors (Lipinski definition) is 5. The Bertz CT molecular complexity index is 396. The maximum atomic E-state index is 10.8. The molecule has 3 N–H and O–H groups in total. The Balaban J connectivity index is 2.32. The molecule has 0 aliphatic carbocycles. The van der Waals surface area contributed by atoms with Gasteiger partial charge in [0.05, 0.1) is 0 Å². The molecule has 0 radical (unpaired) electrons. The van der Waals surface area contributed by atoms with Crippen LogP contribution in [-0.2, 0) is 4.79 Å². The lowest BCUT2D eigenvalue weighted by Crippen LogP contribution is -2.44. The maximum absolute atomic E-state index is 10.8. The highest BCUT2D eigenvalue weighted by Gasteiger charge is 2.26. The minimum Gasteiger partial charge on any atom is -0.480 e. The summed E-state index contributed by atoms with van der Waals surface area (Å²) >= 11 is 1.52. The number of carbonyl (C=O) groups is 1. The van der Waals surface area contributed by atoms with Gasteiger partial charge in [-0.05, 0) is 32.8 Å². The highest BCUT2D eigenvalue weighted by Crippen LogP contribution is 2.17. The lowest BCUT2D eigenvalue weighted by Gasteiger charge is -2.18. The number of nitrogens with zero attached hydrogens (tertiary/aromatic N) is 2. The molecule has 1 aromatic heterocycles. The third-order valence-electron chi connectivity index (χ3n) is 2.33. The van der Waals surface area contributed by atoms with Gasteiger partial charge in [0.25, 0.3) is 0 Å². The van der Waals surface area contributed by atoms with Crippen LogP contribution in [0.1, 0.15) is 25.5 Å². The second kappa shape index (κ2) is 5.97. The number of rotatable bonds is 6. The van der Waals surface area contributed by atoms with E-state index in [-0.39, 0.29) is 0 Å². The second-order valence-corrected chi connectivity index (χ2v) is 5.22. The van der Waals surface area contributed by atoms with Gasteiger partial charge in [-0.25, -0.2) is 9.97 Å². The van der Waals surface area contributed by atoms with E-state index in [0.29, 0.717) is 6.42 Å². The van der Waals surface area contributed by atoms with Crippen molar-refractivity contribution >= 4 is 17.7 Å². The van der Waals surface area contributed by atoms with E-state index in [1.165, 1.54) is 18.7 Å². The molecule has 0 amide bonds. The number of carboxylic acids is 1. The fraction of sp³-hybridized carbons (Fsp3) is 0.545. The van der Waals surface area contributed by atoms with Crippen LogP contribution in [-0.4, -0.2) is 32.3 Å². The van der Waals surface area contributed by atoms with Crippen LogP contribution < -0.4 is 5.73 Å². The first-order chi connectivity index (χ1) is 7.92. The van der Waals surface area contributed by atoms with Crippen LogP contribution >= 0.6 is 11.8 Å². The van der Waals surface area contributed by atoms with E-state index in [1.807, 2.05) is 13.0 Å². The van der Waals surface area contributed by atoms with Crippen LogP contribution in [0.5, 0.6) is 0 Å². The van der Waals surface area contributed by atoms with Crippen LogP contribution in [0.3, 0.4) is 0 Å². The van der Waals surface area contributed by atoms with Crippen molar-refractivity contribution in [1.82, 2.24) is 9.97 Å². The molecular weight excluding hydrogens is 238 g/mol. The Kier molecular flexibility index (Phi) is 4.89. The molecular formula is C11H17N3O2S. The number of aryl methyl sites for hydroxylation is 1. The summed E-state index contributed by atoms with van der Waals surface area (Å²) in [6.45, 7) is 3.44. The van der Waals surface area contributed by atoms with Crippen LogP contribution in [0.25, 0.3) is 0 Å². The molecule has 0 saturated carbocycles. The van der Waals surface area contributed by atoms with Crippen LogP contribution in [0, 0.1) is 6.92 Å². The molecule has 1 rings (SSSR count). The van der Waals surface area contributed by atoms with Crippen molar-refractivity contribution in [3.05, 3.63) is 18.0 Å². The van der Waals surface area contributed by atoms with E-state index in [1.54, 1.807) is 6.20 Å². The molecule has 0 bridgehead atoms. The minimum absolute atomic E-state index is 0.446. The third-order valence-corrected chi connectivity index (χ3v) is 3.28. The largest absolute Gasteiger partial charge is 0.480 e. The van der Waals surface area contributed by atoms with Gasteiger partial charge in [0.15, 0.2) is 5.16 Å². The molecule has 1 aromatic rings. The summed E-state index contributed by atoms with van der Waals surface area (Å²) in [5, 5.41) is 9.56. The van der Waals surface area contributed by atoms with Crippen molar-refractivity contribution < 1.29 is 9.90 Å². The van der Waals surface area contributed by atoms with E-state index in [2.05, 4.69) is 9.97 Å². The van der Waals surface area contributed by atoms with Crippen molar-refractivity contribution in [1.29, 1.82) is 0 Å². The van der Waals surface area contributed by atoms with E-state index < -0.39 is 11.5 Å². The predicted octanol–water partition coefficient (Wildman–Crippen LogP) is 1.46. The van der Waals surface area contributed by atoms with Gasteiger partial charge in [0, 0.05) is 17.6 Å². The lowest BCUT2D eigenvalue weighted by atomic mass is 9.98. The van der Waals surface area contributed by atoms with E-state index >= 15 is 0 Å². The number of thioether (sulfide) groups is 1. The Morgan fingerprint density at radius 3 is 2.94 bits per heavy atom. The van der Waals surface area contributed by atoms with Crippen molar-refractivity contribution in [3.63, 3.8) is 0 Å². The van der Waals surface area contributed by atoms with E-state index in [4.69, 9.17) is 10.8 Å². The summed E-state index contributed by atoms with van der Waals surface area (Å²) in [5.41, 5.74) is 5.41. The van der Waals surface area contributed by atoms with Gasteiger partial charge in [-0.1, -0.05) is 11.8 Å². The van der Waals surface area contributed by atoms with Gasteiger partial charge < -0.3 is 10.8 Å². The van der Waals surface area contributed by atoms with Crippen molar-refractivity contribution in [2.24, 2.45) is 5.73 Å². The first-order valence-electron chi connectivity index (χ1n) is 5.36. The molecule has 0 aromatic carbocycles. The zero-order chi connectivity index (χ0) is 12.9.